The normalized spacial score (nSPS) is 24.1. The summed E-state index contributed by atoms with van der Waals surface area (Å²) in [5.41, 5.74) is 2.16. The van der Waals surface area contributed by atoms with Crippen LogP contribution >= 0.6 is 0 Å². The van der Waals surface area contributed by atoms with E-state index in [-0.39, 0.29) is 6.03 Å². The van der Waals surface area contributed by atoms with Gasteiger partial charge in [0.2, 0.25) is 0 Å². The molecule has 84 valence electrons. The summed E-state index contributed by atoms with van der Waals surface area (Å²) >= 11 is 0. The molecule has 0 radical (unpaired) electrons. The summed E-state index contributed by atoms with van der Waals surface area (Å²) in [7, 11) is 0. The summed E-state index contributed by atoms with van der Waals surface area (Å²) in [5.74, 6) is 0. The summed E-state index contributed by atoms with van der Waals surface area (Å²) in [4.78, 5) is 13.9. The largest absolute Gasteiger partial charge is 0.322 e. The summed E-state index contributed by atoms with van der Waals surface area (Å²) in [6.07, 6.45) is 1.05. The fourth-order valence-electron chi connectivity index (χ4n) is 2.42. The molecule has 0 aliphatic carbocycles. The Balaban J connectivity index is 1.86. The lowest BCUT2D eigenvalue weighted by Gasteiger charge is -2.33. The van der Waals surface area contributed by atoms with Crippen molar-refractivity contribution in [3.63, 3.8) is 0 Å². The fraction of sp³-hybridized carbons (Fsp3) is 0.417. The Morgan fingerprint density at radius 2 is 2.19 bits per heavy atom. The minimum absolute atomic E-state index is 0.0346. The smallest absolute Gasteiger partial charge is 0.316 e. The number of urea groups is 1. The molecule has 4 heteroatoms. The molecule has 1 aromatic carbocycles. The van der Waals surface area contributed by atoms with Crippen LogP contribution in [0.4, 0.5) is 10.5 Å². The highest BCUT2D eigenvalue weighted by Gasteiger charge is 2.30. The van der Waals surface area contributed by atoms with E-state index in [1.807, 2.05) is 23.1 Å². The molecule has 2 N–H and O–H groups in total. The number of para-hydroxylation sites is 1. The molecule has 1 saturated heterocycles. The Morgan fingerprint density at radius 1 is 1.31 bits per heavy atom. The quantitative estimate of drug-likeness (QED) is 0.746. The van der Waals surface area contributed by atoms with Crippen LogP contribution in [-0.4, -0.2) is 30.1 Å². The Morgan fingerprint density at radius 3 is 3.00 bits per heavy atom. The maximum Gasteiger partial charge on any atom is 0.322 e. The van der Waals surface area contributed by atoms with Crippen molar-refractivity contribution in [2.45, 2.75) is 19.0 Å². The molecule has 0 spiro atoms. The van der Waals surface area contributed by atoms with Crippen molar-refractivity contribution < 1.29 is 4.79 Å². The Kier molecular flexibility index (Phi) is 2.29. The molecule has 1 fully saturated rings. The molecule has 3 rings (SSSR count). The summed E-state index contributed by atoms with van der Waals surface area (Å²) in [6, 6.07) is 8.37. The second-order valence-electron chi connectivity index (χ2n) is 4.36. The number of benzene rings is 1. The zero-order valence-electron chi connectivity index (χ0n) is 9.07. The lowest BCUT2D eigenvalue weighted by atomic mass is 10.1. The standard InChI is InChI=1S/C12H15N3O/c16-12-14-11-4-2-1-3-9(11)8-15(12)10-5-6-13-7-10/h1-4,10,13H,5-8H2,(H,14,16)/t10-/m1/s1. The minimum atomic E-state index is 0.0346. The van der Waals surface area contributed by atoms with E-state index in [1.165, 1.54) is 5.56 Å². The van der Waals surface area contributed by atoms with E-state index in [2.05, 4.69) is 16.7 Å². The summed E-state index contributed by atoms with van der Waals surface area (Å²) < 4.78 is 0. The van der Waals surface area contributed by atoms with Crippen molar-refractivity contribution in [2.24, 2.45) is 0 Å². The van der Waals surface area contributed by atoms with Crippen molar-refractivity contribution in [3.05, 3.63) is 29.8 Å². The van der Waals surface area contributed by atoms with Crippen LogP contribution in [0.1, 0.15) is 12.0 Å². The molecule has 0 aromatic heterocycles. The second kappa shape index (κ2) is 3.79. The van der Waals surface area contributed by atoms with Crippen molar-refractivity contribution in [1.29, 1.82) is 0 Å². The number of carbonyl (C=O) groups is 1. The Labute approximate surface area is 94.6 Å². The number of anilines is 1. The zero-order chi connectivity index (χ0) is 11.0. The van der Waals surface area contributed by atoms with E-state index in [0.717, 1.165) is 31.7 Å². The molecule has 2 heterocycles. The molecule has 0 unspecified atom stereocenters. The average Bonchev–Trinajstić information content (AvgIpc) is 2.81. The number of nitrogens with zero attached hydrogens (tertiary/aromatic N) is 1. The molecular formula is C12H15N3O. The van der Waals surface area contributed by atoms with Gasteiger partial charge in [0.15, 0.2) is 0 Å². The number of carbonyl (C=O) groups excluding carboxylic acids is 1. The molecule has 1 aromatic rings. The van der Waals surface area contributed by atoms with Gasteiger partial charge in [-0.1, -0.05) is 18.2 Å². The highest BCUT2D eigenvalue weighted by molar-refractivity contribution is 5.92. The third kappa shape index (κ3) is 1.55. The molecule has 2 amide bonds. The van der Waals surface area contributed by atoms with Crippen molar-refractivity contribution in [1.82, 2.24) is 10.2 Å². The third-order valence-corrected chi connectivity index (χ3v) is 3.34. The van der Waals surface area contributed by atoms with Gasteiger partial charge < -0.3 is 15.5 Å². The van der Waals surface area contributed by atoms with Gasteiger partial charge in [-0.3, -0.25) is 0 Å². The van der Waals surface area contributed by atoms with E-state index >= 15 is 0 Å². The maximum atomic E-state index is 11.9. The van der Waals surface area contributed by atoms with Crippen molar-refractivity contribution >= 4 is 11.7 Å². The van der Waals surface area contributed by atoms with Gasteiger partial charge >= 0.3 is 6.03 Å². The van der Waals surface area contributed by atoms with Gasteiger partial charge in [-0.2, -0.15) is 0 Å². The van der Waals surface area contributed by atoms with E-state index in [1.54, 1.807) is 0 Å². The van der Waals surface area contributed by atoms with Crippen molar-refractivity contribution in [2.75, 3.05) is 18.4 Å². The van der Waals surface area contributed by atoms with Crippen LogP contribution in [0, 0.1) is 0 Å². The first-order chi connectivity index (χ1) is 7.84. The Hall–Kier alpha value is -1.55. The second-order valence-corrected chi connectivity index (χ2v) is 4.36. The first kappa shape index (κ1) is 9.66. The van der Waals surface area contributed by atoms with E-state index in [9.17, 15) is 4.79 Å². The zero-order valence-corrected chi connectivity index (χ0v) is 9.07. The van der Waals surface area contributed by atoms with Gasteiger partial charge in [-0.05, 0) is 24.6 Å². The fourth-order valence-corrected chi connectivity index (χ4v) is 2.42. The molecule has 0 bridgehead atoms. The maximum absolute atomic E-state index is 11.9. The molecule has 2 aliphatic rings. The van der Waals surface area contributed by atoms with Gasteiger partial charge in [-0.25, -0.2) is 4.79 Å². The number of fused-ring (bicyclic) bond motifs is 1. The van der Waals surface area contributed by atoms with Crippen LogP contribution in [0.3, 0.4) is 0 Å². The number of amides is 2. The summed E-state index contributed by atoms with van der Waals surface area (Å²) in [6.45, 7) is 2.65. The van der Waals surface area contributed by atoms with Crippen LogP contribution in [0.5, 0.6) is 0 Å². The van der Waals surface area contributed by atoms with Gasteiger partial charge in [0.1, 0.15) is 0 Å². The first-order valence-corrected chi connectivity index (χ1v) is 5.71. The molecule has 16 heavy (non-hydrogen) atoms. The molecule has 4 nitrogen and oxygen atoms in total. The van der Waals surface area contributed by atoms with Gasteiger partial charge in [0.05, 0.1) is 0 Å². The number of hydrogen-bond donors (Lipinski definition) is 2. The topological polar surface area (TPSA) is 44.4 Å². The lowest BCUT2D eigenvalue weighted by molar-refractivity contribution is 0.186. The number of nitrogens with one attached hydrogen (secondary N) is 2. The van der Waals surface area contributed by atoms with Crippen LogP contribution < -0.4 is 10.6 Å². The van der Waals surface area contributed by atoms with E-state index in [4.69, 9.17) is 0 Å². The predicted octanol–water partition coefficient (Wildman–Crippen LogP) is 1.40. The lowest BCUT2D eigenvalue weighted by Crippen LogP contribution is -2.46. The van der Waals surface area contributed by atoms with Gasteiger partial charge in [-0.15, -0.1) is 0 Å². The molecule has 0 saturated carbocycles. The van der Waals surface area contributed by atoms with Crippen LogP contribution in [0.15, 0.2) is 24.3 Å². The molecule has 1 atom stereocenters. The monoisotopic (exact) mass is 217 g/mol. The highest BCUT2D eigenvalue weighted by Crippen LogP contribution is 2.25. The SMILES string of the molecule is O=C1Nc2ccccc2CN1[C@@H]1CCNC1. The van der Waals surface area contributed by atoms with Crippen LogP contribution in [-0.2, 0) is 6.54 Å². The van der Waals surface area contributed by atoms with Gasteiger partial charge in [0, 0.05) is 24.8 Å². The Bertz CT molecular complexity index is 412. The number of rotatable bonds is 1. The van der Waals surface area contributed by atoms with E-state index < -0.39 is 0 Å². The van der Waals surface area contributed by atoms with Crippen LogP contribution in [0.2, 0.25) is 0 Å². The van der Waals surface area contributed by atoms with Crippen molar-refractivity contribution in [3.8, 4) is 0 Å². The number of hydrogen-bond acceptors (Lipinski definition) is 2. The minimum Gasteiger partial charge on any atom is -0.316 e. The highest BCUT2D eigenvalue weighted by atomic mass is 16.2. The van der Waals surface area contributed by atoms with Crippen LogP contribution in [0.25, 0.3) is 0 Å². The first-order valence-electron chi connectivity index (χ1n) is 5.71. The summed E-state index contributed by atoms with van der Waals surface area (Å²) in [5, 5.41) is 6.24. The predicted molar refractivity (Wildman–Crippen MR) is 62.3 cm³/mol. The third-order valence-electron chi connectivity index (χ3n) is 3.34. The van der Waals surface area contributed by atoms with E-state index in [0.29, 0.717) is 6.04 Å². The van der Waals surface area contributed by atoms with Gasteiger partial charge in [0.25, 0.3) is 0 Å². The molecular weight excluding hydrogens is 202 g/mol. The molecule has 2 aliphatic heterocycles. The average molecular weight is 217 g/mol.